The smallest absolute Gasteiger partial charge is 0.237 e. The average Bonchev–Trinajstić information content (AvgIpc) is 2.81. The summed E-state index contributed by atoms with van der Waals surface area (Å²) in [6.45, 7) is 8.92. The molecule has 1 aromatic heterocycles. The van der Waals surface area contributed by atoms with Crippen LogP contribution in [-0.4, -0.2) is 24.0 Å². The number of carbonyl (C=O) groups excluding carboxylic acids is 1. The number of carbonyl (C=O) groups is 1. The van der Waals surface area contributed by atoms with E-state index in [2.05, 4.69) is 35.1 Å². The van der Waals surface area contributed by atoms with Gasteiger partial charge in [-0.2, -0.15) is 0 Å². The van der Waals surface area contributed by atoms with Gasteiger partial charge in [-0.3, -0.25) is 4.79 Å². The zero-order valence-electron chi connectivity index (χ0n) is 11.7. The number of thiophene rings is 1. The molecule has 102 valence electrons. The Balaban J connectivity index is 2.27. The van der Waals surface area contributed by atoms with E-state index < -0.39 is 0 Å². The SMILES string of the molecule is CCC(C)(C)NC(=O)C(C)NCCc1cccs1. The lowest BCUT2D eigenvalue weighted by Gasteiger charge is -2.26. The van der Waals surface area contributed by atoms with Crippen LogP contribution in [0.1, 0.15) is 39.0 Å². The molecular formula is C14H24N2OS. The molecule has 3 nitrogen and oxygen atoms in total. The van der Waals surface area contributed by atoms with Gasteiger partial charge >= 0.3 is 0 Å². The molecule has 0 aliphatic rings. The van der Waals surface area contributed by atoms with Crippen LogP contribution in [0.3, 0.4) is 0 Å². The van der Waals surface area contributed by atoms with E-state index in [0.29, 0.717) is 0 Å². The molecule has 1 unspecified atom stereocenters. The summed E-state index contributed by atoms with van der Waals surface area (Å²) in [5.41, 5.74) is -0.124. The summed E-state index contributed by atoms with van der Waals surface area (Å²) in [5.74, 6) is 0.0769. The second-order valence-electron chi connectivity index (χ2n) is 5.23. The maximum absolute atomic E-state index is 11.9. The predicted octanol–water partition coefficient (Wildman–Crippen LogP) is 2.57. The van der Waals surface area contributed by atoms with Gasteiger partial charge in [0, 0.05) is 17.0 Å². The summed E-state index contributed by atoms with van der Waals surface area (Å²) in [6, 6.07) is 4.03. The van der Waals surface area contributed by atoms with E-state index in [1.54, 1.807) is 11.3 Å². The van der Waals surface area contributed by atoms with Crippen molar-refractivity contribution in [2.75, 3.05) is 6.54 Å². The second kappa shape index (κ2) is 6.90. The number of nitrogens with one attached hydrogen (secondary N) is 2. The molecule has 18 heavy (non-hydrogen) atoms. The van der Waals surface area contributed by atoms with E-state index in [0.717, 1.165) is 19.4 Å². The quantitative estimate of drug-likeness (QED) is 0.798. The Morgan fingerprint density at radius 1 is 1.50 bits per heavy atom. The summed E-state index contributed by atoms with van der Waals surface area (Å²) < 4.78 is 0. The van der Waals surface area contributed by atoms with Crippen molar-refractivity contribution < 1.29 is 4.79 Å². The van der Waals surface area contributed by atoms with Crippen LogP contribution in [0.15, 0.2) is 17.5 Å². The van der Waals surface area contributed by atoms with Gasteiger partial charge in [-0.1, -0.05) is 13.0 Å². The molecule has 1 atom stereocenters. The highest BCUT2D eigenvalue weighted by Crippen LogP contribution is 2.09. The fraction of sp³-hybridized carbons (Fsp3) is 0.643. The Hall–Kier alpha value is -0.870. The van der Waals surface area contributed by atoms with Crippen molar-refractivity contribution in [3.05, 3.63) is 22.4 Å². The molecule has 1 aromatic rings. The van der Waals surface area contributed by atoms with Gasteiger partial charge in [0.05, 0.1) is 6.04 Å². The molecule has 0 spiro atoms. The minimum absolute atomic E-state index is 0.0769. The zero-order valence-corrected chi connectivity index (χ0v) is 12.6. The van der Waals surface area contributed by atoms with Gasteiger partial charge in [-0.05, 0) is 45.1 Å². The van der Waals surface area contributed by atoms with Crippen molar-refractivity contribution in [2.45, 2.75) is 52.1 Å². The van der Waals surface area contributed by atoms with Crippen molar-refractivity contribution in [1.29, 1.82) is 0 Å². The number of amides is 1. The van der Waals surface area contributed by atoms with Crippen molar-refractivity contribution in [3.8, 4) is 0 Å². The molecule has 0 aliphatic heterocycles. The Morgan fingerprint density at radius 3 is 2.78 bits per heavy atom. The zero-order chi connectivity index (χ0) is 13.6. The Kier molecular flexibility index (Phi) is 5.82. The monoisotopic (exact) mass is 268 g/mol. The van der Waals surface area contributed by atoms with Crippen molar-refractivity contribution in [1.82, 2.24) is 10.6 Å². The first-order valence-electron chi connectivity index (χ1n) is 6.52. The van der Waals surface area contributed by atoms with Crippen LogP contribution in [0.4, 0.5) is 0 Å². The number of rotatable bonds is 7. The second-order valence-corrected chi connectivity index (χ2v) is 6.26. The molecule has 0 fully saturated rings. The van der Waals surface area contributed by atoms with E-state index in [4.69, 9.17) is 0 Å². The third-order valence-electron chi connectivity index (χ3n) is 3.14. The van der Waals surface area contributed by atoms with Crippen molar-refractivity contribution in [2.24, 2.45) is 0 Å². The molecule has 0 aromatic carbocycles. The normalized spacial score (nSPS) is 13.3. The Labute approximate surface area is 114 Å². The van der Waals surface area contributed by atoms with E-state index in [-0.39, 0.29) is 17.5 Å². The van der Waals surface area contributed by atoms with Crippen LogP contribution in [0.2, 0.25) is 0 Å². The van der Waals surface area contributed by atoms with Crippen LogP contribution in [0.25, 0.3) is 0 Å². The first-order chi connectivity index (χ1) is 8.44. The van der Waals surface area contributed by atoms with Crippen molar-refractivity contribution >= 4 is 17.2 Å². The van der Waals surface area contributed by atoms with Crippen LogP contribution < -0.4 is 10.6 Å². The molecule has 1 rings (SSSR count). The van der Waals surface area contributed by atoms with E-state index >= 15 is 0 Å². The standard InChI is InChI=1S/C14H24N2OS/c1-5-14(3,4)16-13(17)11(2)15-9-8-12-7-6-10-18-12/h6-7,10-11,15H,5,8-9H2,1-4H3,(H,16,17). The van der Waals surface area contributed by atoms with Crippen LogP contribution >= 0.6 is 11.3 Å². The first kappa shape index (κ1) is 15.2. The molecule has 1 heterocycles. The van der Waals surface area contributed by atoms with Gasteiger partial charge in [0.1, 0.15) is 0 Å². The van der Waals surface area contributed by atoms with Gasteiger partial charge in [0.2, 0.25) is 5.91 Å². The lowest BCUT2D eigenvalue weighted by atomic mass is 10.0. The lowest BCUT2D eigenvalue weighted by molar-refractivity contribution is -0.124. The molecule has 0 radical (unpaired) electrons. The van der Waals surface area contributed by atoms with Gasteiger partial charge in [-0.25, -0.2) is 0 Å². The number of hydrogen-bond acceptors (Lipinski definition) is 3. The molecule has 1 amide bonds. The van der Waals surface area contributed by atoms with Gasteiger partial charge in [-0.15, -0.1) is 11.3 Å². The lowest BCUT2D eigenvalue weighted by Crippen LogP contribution is -2.50. The highest BCUT2D eigenvalue weighted by Gasteiger charge is 2.21. The summed E-state index contributed by atoms with van der Waals surface area (Å²) in [4.78, 5) is 13.3. The van der Waals surface area contributed by atoms with E-state index in [1.165, 1.54) is 4.88 Å². The summed E-state index contributed by atoms with van der Waals surface area (Å²) in [5, 5.41) is 8.39. The minimum Gasteiger partial charge on any atom is -0.350 e. The predicted molar refractivity (Wildman–Crippen MR) is 78.0 cm³/mol. The molecule has 0 aliphatic carbocycles. The topological polar surface area (TPSA) is 41.1 Å². The first-order valence-corrected chi connectivity index (χ1v) is 7.40. The largest absolute Gasteiger partial charge is 0.350 e. The highest BCUT2D eigenvalue weighted by molar-refractivity contribution is 7.09. The van der Waals surface area contributed by atoms with Crippen molar-refractivity contribution in [3.63, 3.8) is 0 Å². The fourth-order valence-corrected chi connectivity index (χ4v) is 2.20. The van der Waals surface area contributed by atoms with Gasteiger partial charge < -0.3 is 10.6 Å². The average molecular weight is 268 g/mol. The fourth-order valence-electron chi connectivity index (χ4n) is 1.49. The van der Waals surface area contributed by atoms with Crippen LogP contribution in [-0.2, 0) is 11.2 Å². The molecule has 0 bridgehead atoms. The maximum Gasteiger partial charge on any atom is 0.237 e. The molecule has 4 heteroatoms. The third-order valence-corrected chi connectivity index (χ3v) is 4.08. The van der Waals surface area contributed by atoms with Crippen LogP contribution in [0.5, 0.6) is 0 Å². The summed E-state index contributed by atoms with van der Waals surface area (Å²) >= 11 is 1.76. The van der Waals surface area contributed by atoms with Crippen LogP contribution in [0, 0.1) is 0 Å². The Morgan fingerprint density at radius 2 is 2.22 bits per heavy atom. The van der Waals surface area contributed by atoms with Gasteiger partial charge in [0.25, 0.3) is 0 Å². The molecule has 0 saturated heterocycles. The van der Waals surface area contributed by atoms with Gasteiger partial charge in [0.15, 0.2) is 0 Å². The van der Waals surface area contributed by atoms with E-state index in [1.807, 2.05) is 20.8 Å². The molecular weight excluding hydrogens is 244 g/mol. The van der Waals surface area contributed by atoms with E-state index in [9.17, 15) is 4.79 Å². The number of hydrogen-bond donors (Lipinski definition) is 2. The summed E-state index contributed by atoms with van der Waals surface area (Å²) in [6.07, 6.45) is 1.91. The molecule has 2 N–H and O–H groups in total. The maximum atomic E-state index is 11.9. The Bertz CT molecular complexity index is 360. The highest BCUT2D eigenvalue weighted by atomic mass is 32.1. The minimum atomic E-state index is -0.143. The third kappa shape index (κ3) is 5.19. The molecule has 0 saturated carbocycles. The summed E-state index contributed by atoms with van der Waals surface area (Å²) in [7, 11) is 0.